The molecule has 1 N–H and O–H groups in total. The molecule has 164 valence electrons. The molecule has 0 aliphatic heterocycles. The minimum Gasteiger partial charge on any atom is -0.356 e. The van der Waals surface area contributed by atoms with Gasteiger partial charge in [0.2, 0.25) is 5.91 Å². The van der Waals surface area contributed by atoms with Gasteiger partial charge in [-0.3, -0.25) is 18.7 Å². The molecule has 1 aromatic heterocycles. The summed E-state index contributed by atoms with van der Waals surface area (Å²) in [7, 11) is 0. The maximum absolute atomic E-state index is 13.2. The highest BCUT2D eigenvalue weighted by Gasteiger charge is 2.13. The van der Waals surface area contributed by atoms with Crippen LogP contribution in [-0.2, 0) is 17.9 Å². The van der Waals surface area contributed by atoms with Crippen molar-refractivity contribution in [1.82, 2.24) is 14.5 Å². The Kier molecular flexibility index (Phi) is 7.69. The molecule has 3 rings (SSSR count). The van der Waals surface area contributed by atoms with E-state index >= 15 is 0 Å². The maximum Gasteiger partial charge on any atom is 0.331 e. The normalized spacial score (nSPS) is 11.2. The Bertz CT molecular complexity index is 1160. The van der Waals surface area contributed by atoms with Crippen LogP contribution in [0.3, 0.4) is 0 Å². The predicted molar refractivity (Wildman–Crippen MR) is 125 cm³/mol. The Morgan fingerprint density at radius 2 is 1.71 bits per heavy atom. The minimum atomic E-state index is -0.345. The summed E-state index contributed by atoms with van der Waals surface area (Å²) in [6.07, 6.45) is 1.57. The first-order chi connectivity index (χ1) is 14.9. The third kappa shape index (κ3) is 5.85. The van der Waals surface area contributed by atoms with Gasteiger partial charge in [-0.2, -0.15) is 0 Å². The number of aromatic nitrogens is 2. The molecular weight excluding hydrogens is 414 g/mol. The molecule has 1 heterocycles. The number of rotatable bonds is 9. The first-order valence-electron chi connectivity index (χ1n) is 10.6. The number of carbonyl (C=O) groups excluding carboxylic acids is 1. The van der Waals surface area contributed by atoms with Gasteiger partial charge < -0.3 is 5.32 Å². The number of unbranched alkanes of at least 4 members (excludes halogenated alkanes) is 1. The largest absolute Gasteiger partial charge is 0.356 e. The number of para-hydroxylation sites is 1. The molecule has 1 amide bonds. The van der Waals surface area contributed by atoms with Crippen LogP contribution >= 0.6 is 11.6 Å². The molecule has 3 aromatic rings. The smallest absolute Gasteiger partial charge is 0.331 e. The van der Waals surface area contributed by atoms with Crippen LogP contribution in [0.5, 0.6) is 0 Å². The van der Waals surface area contributed by atoms with Crippen molar-refractivity contribution in [2.24, 2.45) is 5.92 Å². The van der Waals surface area contributed by atoms with Crippen molar-refractivity contribution in [3.63, 3.8) is 0 Å². The Labute approximate surface area is 186 Å². The fraction of sp³-hybridized carbons (Fsp3) is 0.375. The second-order valence-corrected chi connectivity index (χ2v) is 8.56. The number of benzene rings is 2. The fourth-order valence-electron chi connectivity index (χ4n) is 3.46. The average Bonchev–Trinajstić information content (AvgIpc) is 2.76. The lowest BCUT2D eigenvalue weighted by molar-refractivity contribution is -0.121. The monoisotopic (exact) mass is 441 g/mol. The van der Waals surface area contributed by atoms with E-state index in [1.807, 2.05) is 32.0 Å². The van der Waals surface area contributed by atoms with Crippen LogP contribution in [0.15, 0.2) is 58.1 Å². The van der Waals surface area contributed by atoms with Crippen molar-refractivity contribution in [3.05, 3.63) is 80.0 Å². The lowest BCUT2D eigenvalue weighted by Crippen LogP contribution is -2.40. The first-order valence-corrected chi connectivity index (χ1v) is 11.0. The number of hydrogen-bond donors (Lipinski definition) is 1. The van der Waals surface area contributed by atoms with E-state index in [4.69, 9.17) is 11.6 Å². The van der Waals surface area contributed by atoms with Gasteiger partial charge >= 0.3 is 5.69 Å². The number of nitrogens with zero attached hydrogens (tertiary/aromatic N) is 2. The molecule has 0 radical (unpaired) electrons. The van der Waals surface area contributed by atoms with E-state index in [1.54, 1.807) is 34.9 Å². The summed E-state index contributed by atoms with van der Waals surface area (Å²) in [4.78, 5) is 38.1. The zero-order chi connectivity index (χ0) is 22.4. The van der Waals surface area contributed by atoms with Crippen molar-refractivity contribution >= 4 is 28.4 Å². The van der Waals surface area contributed by atoms with E-state index in [9.17, 15) is 14.4 Å². The molecule has 0 saturated heterocycles. The quantitative estimate of drug-likeness (QED) is 0.513. The van der Waals surface area contributed by atoms with E-state index in [0.717, 1.165) is 5.56 Å². The molecule has 6 nitrogen and oxygen atoms in total. The van der Waals surface area contributed by atoms with Gasteiger partial charge in [0, 0.05) is 24.5 Å². The molecule has 0 atom stereocenters. The topological polar surface area (TPSA) is 73.1 Å². The average molecular weight is 442 g/mol. The molecule has 0 saturated carbocycles. The van der Waals surface area contributed by atoms with Gasteiger partial charge in [0.25, 0.3) is 5.56 Å². The summed E-state index contributed by atoms with van der Waals surface area (Å²) in [5, 5.41) is 4.02. The van der Waals surface area contributed by atoms with Gasteiger partial charge in [-0.1, -0.05) is 49.7 Å². The van der Waals surface area contributed by atoms with Gasteiger partial charge in [0.15, 0.2) is 0 Å². The molecule has 0 spiro atoms. The maximum atomic E-state index is 13.2. The van der Waals surface area contributed by atoms with Crippen LogP contribution in [0.2, 0.25) is 5.02 Å². The highest BCUT2D eigenvalue weighted by Crippen LogP contribution is 2.13. The van der Waals surface area contributed by atoms with Crippen LogP contribution in [0, 0.1) is 5.92 Å². The van der Waals surface area contributed by atoms with Crippen molar-refractivity contribution in [3.8, 4) is 0 Å². The highest BCUT2D eigenvalue weighted by atomic mass is 35.5. The highest BCUT2D eigenvalue weighted by molar-refractivity contribution is 6.30. The Morgan fingerprint density at radius 3 is 2.42 bits per heavy atom. The number of halogens is 1. The van der Waals surface area contributed by atoms with Crippen LogP contribution in [0.1, 0.15) is 38.7 Å². The van der Waals surface area contributed by atoms with Gasteiger partial charge in [-0.25, -0.2) is 4.79 Å². The summed E-state index contributed by atoms with van der Waals surface area (Å²) >= 11 is 5.97. The van der Waals surface area contributed by atoms with Crippen molar-refractivity contribution < 1.29 is 4.79 Å². The summed E-state index contributed by atoms with van der Waals surface area (Å²) in [5.74, 6) is 0.402. The van der Waals surface area contributed by atoms with Gasteiger partial charge in [-0.05, 0) is 48.6 Å². The van der Waals surface area contributed by atoms with Crippen LogP contribution in [0.25, 0.3) is 10.9 Å². The zero-order valence-electron chi connectivity index (χ0n) is 17.9. The number of nitrogens with one attached hydrogen (secondary N) is 1. The van der Waals surface area contributed by atoms with Crippen molar-refractivity contribution in [2.75, 3.05) is 6.54 Å². The van der Waals surface area contributed by atoms with Crippen molar-refractivity contribution in [1.29, 1.82) is 0 Å². The summed E-state index contributed by atoms with van der Waals surface area (Å²) in [6, 6.07) is 14.4. The van der Waals surface area contributed by atoms with E-state index in [1.165, 1.54) is 4.57 Å². The van der Waals surface area contributed by atoms with E-state index in [2.05, 4.69) is 5.32 Å². The van der Waals surface area contributed by atoms with Crippen LogP contribution in [-0.4, -0.2) is 21.6 Å². The second-order valence-electron chi connectivity index (χ2n) is 8.12. The molecule has 2 aromatic carbocycles. The predicted octanol–water partition coefficient (Wildman–Crippen LogP) is 3.81. The van der Waals surface area contributed by atoms with Gasteiger partial charge in [0.05, 0.1) is 17.4 Å². The molecule has 0 bridgehead atoms. The minimum absolute atomic E-state index is 0.000271. The van der Waals surface area contributed by atoms with Gasteiger partial charge in [0.1, 0.15) is 0 Å². The standard InChI is InChI=1S/C24H28ClN3O3/c1-17(2)15-26-22(29)9-5-6-14-27-23(30)20-7-3-4-8-21(20)28(24(27)31)16-18-10-12-19(25)13-11-18/h3-4,7-8,10-13,17H,5-6,9,14-16H2,1-2H3,(H,26,29). The van der Waals surface area contributed by atoms with E-state index in [0.29, 0.717) is 54.2 Å². The molecule has 31 heavy (non-hydrogen) atoms. The Balaban J connectivity index is 1.81. The lowest BCUT2D eigenvalue weighted by Gasteiger charge is -2.14. The molecule has 0 fully saturated rings. The number of fused-ring (bicyclic) bond motifs is 1. The van der Waals surface area contributed by atoms with Crippen LogP contribution < -0.4 is 16.6 Å². The molecule has 0 aliphatic rings. The summed E-state index contributed by atoms with van der Waals surface area (Å²) in [5.41, 5.74) is 0.889. The Hall–Kier alpha value is -2.86. The molecular formula is C24H28ClN3O3. The number of amides is 1. The number of hydrogen-bond acceptors (Lipinski definition) is 3. The van der Waals surface area contributed by atoms with Crippen molar-refractivity contribution in [2.45, 2.75) is 46.2 Å². The molecule has 0 unspecified atom stereocenters. The van der Waals surface area contributed by atoms with E-state index in [-0.39, 0.29) is 23.7 Å². The molecule has 0 aliphatic carbocycles. The van der Waals surface area contributed by atoms with Crippen LogP contribution in [0.4, 0.5) is 0 Å². The zero-order valence-corrected chi connectivity index (χ0v) is 18.7. The fourth-order valence-corrected chi connectivity index (χ4v) is 3.58. The number of carbonyl (C=O) groups is 1. The van der Waals surface area contributed by atoms with E-state index < -0.39 is 0 Å². The third-order valence-corrected chi connectivity index (χ3v) is 5.38. The third-order valence-electron chi connectivity index (χ3n) is 5.13. The summed E-state index contributed by atoms with van der Waals surface area (Å²) < 4.78 is 2.90. The second kappa shape index (κ2) is 10.4. The van der Waals surface area contributed by atoms with Gasteiger partial charge in [-0.15, -0.1) is 0 Å². The lowest BCUT2D eigenvalue weighted by atomic mass is 10.2. The summed E-state index contributed by atoms with van der Waals surface area (Å²) in [6.45, 7) is 5.36. The first kappa shape index (κ1) is 22.8. The SMILES string of the molecule is CC(C)CNC(=O)CCCCn1c(=O)c2ccccc2n(Cc2ccc(Cl)cc2)c1=O. The Morgan fingerprint density at radius 1 is 1.00 bits per heavy atom. The molecule has 7 heteroatoms.